The Hall–Kier alpha value is -4.36. The van der Waals surface area contributed by atoms with Crippen LogP contribution in [0.3, 0.4) is 0 Å². The standard InChI is InChI=1S/C32H40F2N8O4/c1-5-42(22-10-12-40(13-11-22)30-38-27(39-46-30)19-6-7-19)28(43)20-15-35-29(36-16-20)41-17-24(23-14-21(33)8-9-25(23)34)26(18-41)37-31(44)45-32(2,3)4/h8-9,14-16,19,22,24,26H,5-7,10-13,17-18H2,1-4H3,(H,37,44). The van der Waals surface area contributed by atoms with Gasteiger partial charge in [0.25, 0.3) is 5.91 Å². The number of carbonyl (C=O) groups is 2. The van der Waals surface area contributed by atoms with Crippen molar-refractivity contribution in [3.05, 3.63) is 59.2 Å². The Morgan fingerprint density at radius 1 is 1.07 bits per heavy atom. The summed E-state index contributed by atoms with van der Waals surface area (Å²) in [6, 6.07) is 3.26. The summed E-state index contributed by atoms with van der Waals surface area (Å²) < 4.78 is 39.9. The van der Waals surface area contributed by atoms with Gasteiger partial charge in [-0.3, -0.25) is 4.79 Å². The Balaban J connectivity index is 1.11. The van der Waals surface area contributed by atoms with Crippen molar-refractivity contribution >= 4 is 24.0 Å². The molecule has 1 aromatic carbocycles. The van der Waals surface area contributed by atoms with Crippen LogP contribution in [0, 0.1) is 11.6 Å². The Labute approximate surface area is 266 Å². The Bertz CT molecular complexity index is 1550. The Morgan fingerprint density at radius 2 is 1.78 bits per heavy atom. The fraction of sp³-hybridized carbons (Fsp3) is 0.562. The lowest BCUT2D eigenvalue weighted by molar-refractivity contribution is 0.0504. The molecule has 3 aliphatic rings. The van der Waals surface area contributed by atoms with Crippen LogP contribution in [-0.4, -0.2) is 87.4 Å². The zero-order chi connectivity index (χ0) is 32.6. The number of anilines is 2. The van der Waals surface area contributed by atoms with Crippen LogP contribution in [0.2, 0.25) is 0 Å². The number of ether oxygens (including phenoxy) is 1. The van der Waals surface area contributed by atoms with E-state index in [1.54, 1.807) is 25.7 Å². The number of carbonyl (C=O) groups excluding carboxylic acids is 2. The van der Waals surface area contributed by atoms with Crippen LogP contribution >= 0.6 is 0 Å². The van der Waals surface area contributed by atoms with Crippen LogP contribution in [0.4, 0.5) is 25.5 Å². The quantitative estimate of drug-likeness (QED) is 0.372. The maximum atomic E-state index is 14.9. The molecule has 0 bridgehead atoms. The second-order valence-corrected chi connectivity index (χ2v) is 13.2. The van der Waals surface area contributed by atoms with E-state index in [0.717, 1.165) is 49.7 Å². The molecule has 2 atom stereocenters. The Morgan fingerprint density at radius 3 is 2.43 bits per heavy atom. The lowest BCUT2D eigenvalue weighted by Crippen LogP contribution is -2.47. The molecule has 3 fully saturated rings. The first kappa shape index (κ1) is 31.6. The number of alkyl carbamates (subject to hydrolysis) is 1. The van der Waals surface area contributed by atoms with E-state index < -0.39 is 35.3 Å². The molecule has 2 saturated heterocycles. The second-order valence-electron chi connectivity index (χ2n) is 13.2. The summed E-state index contributed by atoms with van der Waals surface area (Å²) in [5, 5.41) is 6.93. The van der Waals surface area contributed by atoms with E-state index in [9.17, 15) is 18.4 Å². The predicted octanol–water partition coefficient (Wildman–Crippen LogP) is 4.64. The topological polar surface area (TPSA) is 130 Å². The maximum absolute atomic E-state index is 14.9. The molecule has 6 rings (SSSR count). The number of aromatic nitrogens is 4. The van der Waals surface area contributed by atoms with Gasteiger partial charge in [0.05, 0.1) is 11.6 Å². The molecule has 1 aliphatic carbocycles. The van der Waals surface area contributed by atoms with Crippen molar-refractivity contribution in [2.45, 2.75) is 82.9 Å². The van der Waals surface area contributed by atoms with Gasteiger partial charge >= 0.3 is 12.1 Å². The molecule has 1 N–H and O–H groups in total. The van der Waals surface area contributed by atoms with Crippen molar-refractivity contribution in [3.8, 4) is 0 Å². The minimum Gasteiger partial charge on any atom is -0.444 e. The Kier molecular flexibility index (Phi) is 8.80. The number of rotatable bonds is 8. The summed E-state index contributed by atoms with van der Waals surface area (Å²) >= 11 is 0. The number of nitrogens with zero attached hydrogens (tertiary/aromatic N) is 7. The van der Waals surface area contributed by atoms with Gasteiger partial charge in [-0.25, -0.2) is 23.5 Å². The summed E-state index contributed by atoms with van der Waals surface area (Å²) in [5.41, 5.74) is -0.235. The van der Waals surface area contributed by atoms with Gasteiger partial charge in [-0.2, -0.15) is 4.98 Å². The first-order valence-electron chi connectivity index (χ1n) is 15.9. The summed E-state index contributed by atoms with van der Waals surface area (Å²) in [7, 11) is 0. The van der Waals surface area contributed by atoms with Crippen molar-refractivity contribution in [3.63, 3.8) is 0 Å². The first-order chi connectivity index (χ1) is 22.0. The molecule has 4 heterocycles. The highest BCUT2D eigenvalue weighted by Gasteiger charge is 2.39. The molecule has 0 spiro atoms. The average molecular weight is 639 g/mol. The van der Waals surface area contributed by atoms with E-state index in [2.05, 4.69) is 30.3 Å². The number of amides is 2. The number of nitrogens with one attached hydrogen (secondary N) is 1. The minimum absolute atomic E-state index is 0.0411. The average Bonchev–Trinajstić information content (AvgIpc) is 3.61. The molecular formula is C32H40F2N8O4. The largest absolute Gasteiger partial charge is 0.444 e. The second kappa shape index (κ2) is 12.8. The highest BCUT2D eigenvalue weighted by atomic mass is 19.1. The molecule has 2 amide bonds. The van der Waals surface area contributed by atoms with Crippen molar-refractivity contribution in [2.75, 3.05) is 42.5 Å². The number of hydrogen-bond acceptors (Lipinski definition) is 10. The number of benzene rings is 1. The summed E-state index contributed by atoms with van der Waals surface area (Å²) in [6.45, 7) is 9.58. The molecule has 2 aliphatic heterocycles. The summed E-state index contributed by atoms with van der Waals surface area (Å²) in [5.74, 6) is -0.380. The van der Waals surface area contributed by atoms with Gasteiger partial charge in [-0.1, -0.05) is 5.16 Å². The van der Waals surface area contributed by atoms with E-state index in [-0.39, 0.29) is 30.6 Å². The van der Waals surface area contributed by atoms with E-state index in [4.69, 9.17) is 9.26 Å². The van der Waals surface area contributed by atoms with Crippen molar-refractivity contribution in [1.29, 1.82) is 0 Å². The first-order valence-corrected chi connectivity index (χ1v) is 15.9. The number of hydrogen-bond donors (Lipinski definition) is 1. The van der Waals surface area contributed by atoms with Crippen LogP contribution in [0.15, 0.2) is 35.1 Å². The van der Waals surface area contributed by atoms with E-state index in [1.165, 1.54) is 12.4 Å². The van der Waals surface area contributed by atoms with E-state index >= 15 is 0 Å². The summed E-state index contributed by atoms with van der Waals surface area (Å²) in [4.78, 5) is 45.4. The molecule has 3 aromatic rings. The molecule has 1 saturated carbocycles. The maximum Gasteiger partial charge on any atom is 0.407 e. The molecular weight excluding hydrogens is 598 g/mol. The molecule has 2 aromatic heterocycles. The third-order valence-corrected chi connectivity index (χ3v) is 8.70. The highest BCUT2D eigenvalue weighted by Crippen LogP contribution is 2.39. The highest BCUT2D eigenvalue weighted by molar-refractivity contribution is 5.94. The van der Waals surface area contributed by atoms with Crippen molar-refractivity contribution < 1.29 is 27.6 Å². The zero-order valence-electron chi connectivity index (χ0n) is 26.6. The van der Waals surface area contributed by atoms with Gasteiger partial charge in [0.2, 0.25) is 5.95 Å². The lowest BCUT2D eigenvalue weighted by atomic mass is 9.94. The van der Waals surface area contributed by atoms with Crippen LogP contribution in [-0.2, 0) is 4.74 Å². The molecule has 246 valence electrons. The van der Waals surface area contributed by atoms with Crippen LogP contribution in [0.5, 0.6) is 0 Å². The molecule has 14 heteroatoms. The minimum atomic E-state index is -0.732. The lowest BCUT2D eigenvalue weighted by Gasteiger charge is -2.37. The predicted molar refractivity (Wildman–Crippen MR) is 165 cm³/mol. The molecule has 2 unspecified atom stereocenters. The van der Waals surface area contributed by atoms with Crippen LogP contribution < -0.4 is 15.1 Å². The smallest absolute Gasteiger partial charge is 0.407 e. The van der Waals surface area contributed by atoms with Crippen molar-refractivity contribution in [2.24, 2.45) is 0 Å². The number of halogens is 2. The molecule has 46 heavy (non-hydrogen) atoms. The molecule has 12 nitrogen and oxygen atoms in total. The van der Waals surface area contributed by atoms with Crippen LogP contribution in [0.1, 0.15) is 87.0 Å². The fourth-order valence-corrected chi connectivity index (χ4v) is 6.25. The van der Waals surface area contributed by atoms with Gasteiger partial charge in [0.1, 0.15) is 17.2 Å². The van der Waals surface area contributed by atoms with Crippen LogP contribution in [0.25, 0.3) is 0 Å². The van der Waals surface area contributed by atoms with Gasteiger partial charge in [-0.15, -0.1) is 0 Å². The SMILES string of the molecule is CCN(C(=O)c1cnc(N2CC(NC(=O)OC(C)(C)C)C(c3cc(F)ccc3F)C2)nc1)C1CCN(c2nc(C3CC3)no2)CC1. The van der Waals surface area contributed by atoms with Gasteiger partial charge in [-0.05, 0) is 77.1 Å². The molecule has 0 radical (unpaired) electrons. The van der Waals surface area contributed by atoms with Crippen molar-refractivity contribution in [1.82, 2.24) is 30.3 Å². The van der Waals surface area contributed by atoms with Gasteiger partial charge in [0.15, 0.2) is 5.82 Å². The summed E-state index contributed by atoms with van der Waals surface area (Å²) in [6.07, 6.45) is 6.07. The van der Waals surface area contributed by atoms with Gasteiger partial charge in [0, 0.05) is 63.0 Å². The third-order valence-electron chi connectivity index (χ3n) is 8.70. The third kappa shape index (κ3) is 7.05. The van der Waals surface area contributed by atoms with Gasteiger partial charge < -0.3 is 29.3 Å². The zero-order valence-corrected chi connectivity index (χ0v) is 26.6. The number of piperidine rings is 1. The van der Waals surface area contributed by atoms with E-state index in [1.807, 2.05) is 11.8 Å². The fourth-order valence-electron chi connectivity index (χ4n) is 6.25. The normalized spacial score (nSPS) is 20.6. The van der Waals surface area contributed by atoms with E-state index in [0.29, 0.717) is 43.1 Å². The monoisotopic (exact) mass is 638 g/mol.